The standard InChI is InChI=1S/C24H24N4O3S3/c1-2-17-7-8-19-21(15-17)33-24(26-19)27(16-18-9-11-25-12-10-18)23(29)20-5-3-13-28(20)34(30,31)22-6-4-14-32-22/h4,6-12,14-15,20H,2-3,5,13,16H2,1H3. The van der Waals surface area contributed by atoms with Crippen molar-refractivity contribution in [3.63, 3.8) is 0 Å². The van der Waals surface area contributed by atoms with Crippen LogP contribution in [0.5, 0.6) is 0 Å². The average molecular weight is 513 g/mol. The van der Waals surface area contributed by atoms with Crippen LogP contribution in [0, 0.1) is 0 Å². The number of aryl methyl sites for hydroxylation is 1. The molecule has 1 aliphatic heterocycles. The number of sulfonamides is 1. The van der Waals surface area contributed by atoms with Crippen LogP contribution in [-0.4, -0.2) is 41.2 Å². The van der Waals surface area contributed by atoms with Crippen LogP contribution < -0.4 is 4.90 Å². The van der Waals surface area contributed by atoms with E-state index in [4.69, 9.17) is 4.98 Å². The van der Waals surface area contributed by atoms with Gasteiger partial charge in [0.1, 0.15) is 10.3 Å². The molecule has 5 rings (SSSR count). The van der Waals surface area contributed by atoms with Crippen LogP contribution in [-0.2, 0) is 27.8 Å². The van der Waals surface area contributed by atoms with Gasteiger partial charge in [-0.15, -0.1) is 11.3 Å². The van der Waals surface area contributed by atoms with E-state index in [9.17, 15) is 13.2 Å². The summed E-state index contributed by atoms with van der Waals surface area (Å²) in [5.41, 5.74) is 2.94. The third-order valence-corrected chi connectivity index (χ3v) is 10.3. The van der Waals surface area contributed by atoms with Crippen molar-refractivity contribution in [3.8, 4) is 0 Å². The number of fused-ring (bicyclic) bond motifs is 1. The lowest BCUT2D eigenvalue weighted by atomic mass is 10.2. The first-order valence-corrected chi connectivity index (χ1v) is 14.3. The van der Waals surface area contributed by atoms with E-state index in [1.54, 1.807) is 34.8 Å². The van der Waals surface area contributed by atoms with Crippen LogP contribution in [0.25, 0.3) is 10.2 Å². The minimum absolute atomic E-state index is 0.246. The SMILES string of the molecule is CCc1ccc2nc(N(Cc3ccncc3)C(=O)C3CCCN3S(=O)(=O)c3cccs3)sc2c1. The lowest BCUT2D eigenvalue weighted by Crippen LogP contribution is -2.47. The summed E-state index contributed by atoms with van der Waals surface area (Å²) in [5, 5.41) is 2.31. The lowest BCUT2D eigenvalue weighted by Gasteiger charge is -2.28. The molecule has 34 heavy (non-hydrogen) atoms. The van der Waals surface area contributed by atoms with Gasteiger partial charge in [0.25, 0.3) is 10.0 Å². The van der Waals surface area contributed by atoms with Gasteiger partial charge in [0, 0.05) is 18.9 Å². The second-order valence-corrected chi connectivity index (χ2v) is 12.2. The van der Waals surface area contributed by atoms with Crippen LogP contribution in [0.3, 0.4) is 0 Å². The highest BCUT2D eigenvalue weighted by Gasteiger charge is 2.42. The van der Waals surface area contributed by atoms with Crippen LogP contribution in [0.2, 0.25) is 0 Å². The number of thiazole rings is 1. The minimum atomic E-state index is -3.73. The molecule has 7 nitrogen and oxygen atoms in total. The summed E-state index contributed by atoms with van der Waals surface area (Å²) in [6.07, 6.45) is 5.42. The topological polar surface area (TPSA) is 83.5 Å². The molecular formula is C24H24N4O3S3. The molecule has 1 aromatic carbocycles. The van der Waals surface area contributed by atoms with E-state index >= 15 is 0 Å². The molecule has 1 aliphatic rings. The van der Waals surface area contributed by atoms with Crippen LogP contribution in [0.1, 0.15) is 30.9 Å². The molecule has 10 heteroatoms. The van der Waals surface area contributed by atoms with E-state index in [1.807, 2.05) is 24.3 Å². The average Bonchev–Trinajstić information content (AvgIpc) is 3.62. The highest BCUT2D eigenvalue weighted by molar-refractivity contribution is 7.91. The number of anilines is 1. The van der Waals surface area contributed by atoms with Gasteiger partial charge in [-0.2, -0.15) is 4.31 Å². The van der Waals surface area contributed by atoms with E-state index in [0.29, 0.717) is 31.1 Å². The Balaban J connectivity index is 1.53. The van der Waals surface area contributed by atoms with E-state index in [-0.39, 0.29) is 10.1 Å². The molecule has 176 valence electrons. The molecule has 4 heterocycles. The fourth-order valence-electron chi connectivity index (χ4n) is 4.18. The van der Waals surface area contributed by atoms with Crippen LogP contribution in [0.4, 0.5) is 5.13 Å². The predicted octanol–water partition coefficient (Wildman–Crippen LogP) is 4.70. The quantitative estimate of drug-likeness (QED) is 0.358. The molecule has 3 aromatic heterocycles. The van der Waals surface area contributed by atoms with E-state index in [0.717, 1.165) is 22.2 Å². The number of thiophene rings is 1. The summed E-state index contributed by atoms with van der Waals surface area (Å²) in [6.45, 7) is 2.73. The molecule has 1 saturated heterocycles. The van der Waals surface area contributed by atoms with E-state index < -0.39 is 16.1 Å². The molecule has 0 bridgehead atoms. The second kappa shape index (κ2) is 9.53. The molecule has 1 atom stereocenters. The van der Waals surface area contributed by atoms with Crippen molar-refractivity contribution in [2.75, 3.05) is 11.4 Å². The normalized spacial score (nSPS) is 16.8. The number of hydrogen-bond acceptors (Lipinski definition) is 7. The van der Waals surface area contributed by atoms with Gasteiger partial charge in [0.05, 0.1) is 16.8 Å². The first kappa shape index (κ1) is 23.1. The molecular weight excluding hydrogens is 488 g/mol. The zero-order valence-electron chi connectivity index (χ0n) is 18.6. The number of benzene rings is 1. The Hall–Kier alpha value is -2.66. The molecule has 0 N–H and O–H groups in total. The third kappa shape index (κ3) is 4.38. The maximum absolute atomic E-state index is 14.0. The van der Waals surface area contributed by atoms with Gasteiger partial charge in [-0.1, -0.05) is 30.4 Å². The maximum Gasteiger partial charge on any atom is 0.253 e. The van der Waals surface area contributed by atoms with Gasteiger partial charge in [-0.05, 0) is 66.1 Å². The van der Waals surface area contributed by atoms with Crippen molar-refractivity contribution in [1.82, 2.24) is 14.3 Å². The van der Waals surface area contributed by atoms with Crippen LogP contribution in [0.15, 0.2) is 64.4 Å². The fraction of sp³-hybridized carbons (Fsp3) is 0.292. The highest BCUT2D eigenvalue weighted by atomic mass is 32.2. The van der Waals surface area contributed by atoms with Crippen LogP contribution >= 0.6 is 22.7 Å². The summed E-state index contributed by atoms with van der Waals surface area (Å²) in [5.74, 6) is -0.246. The molecule has 0 aliphatic carbocycles. The number of hydrogen-bond donors (Lipinski definition) is 0. The lowest BCUT2D eigenvalue weighted by molar-refractivity contribution is -0.121. The Morgan fingerprint density at radius 2 is 2.00 bits per heavy atom. The van der Waals surface area contributed by atoms with Crippen molar-refractivity contribution in [2.24, 2.45) is 0 Å². The minimum Gasteiger partial charge on any atom is -0.282 e. The summed E-state index contributed by atoms with van der Waals surface area (Å²) < 4.78 is 29.2. The number of pyridine rings is 1. The Labute approximate surface area is 206 Å². The number of amides is 1. The van der Waals surface area contributed by atoms with Crippen molar-refractivity contribution >= 4 is 54.0 Å². The van der Waals surface area contributed by atoms with Crippen molar-refractivity contribution in [2.45, 2.75) is 43.0 Å². The second-order valence-electron chi connectivity index (χ2n) is 8.14. The monoisotopic (exact) mass is 512 g/mol. The third-order valence-electron chi connectivity index (χ3n) is 5.98. The smallest absolute Gasteiger partial charge is 0.253 e. The number of aromatic nitrogens is 2. The molecule has 0 saturated carbocycles. The molecule has 1 fully saturated rings. The zero-order chi connectivity index (χ0) is 23.7. The van der Waals surface area contributed by atoms with E-state index in [1.165, 1.54) is 32.5 Å². The van der Waals surface area contributed by atoms with Gasteiger partial charge < -0.3 is 0 Å². The van der Waals surface area contributed by atoms with Gasteiger partial charge in [0.2, 0.25) is 5.91 Å². The van der Waals surface area contributed by atoms with E-state index in [2.05, 4.69) is 18.0 Å². The van der Waals surface area contributed by atoms with Gasteiger partial charge in [-0.3, -0.25) is 14.7 Å². The first-order valence-electron chi connectivity index (χ1n) is 11.1. The molecule has 1 amide bonds. The van der Waals surface area contributed by atoms with Gasteiger partial charge in [0.15, 0.2) is 5.13 Å². The van der Waals surface area contributed by atoms with Crippen molar-refractivity contribution in [1.29, 1.82) is 0 Å². The largest absolute Gasteiger partial charge is 0.282 e. The molecule has 0 spiro atoms. The predicted molar refractivity (Wildman–Crippen MR) is 136 cm³/mol. The highest BCUT2D eigenvalue weighted by Crippen LogP contribution is 2.34. The molecule has 0 radical (unpaired) electrons. The summed E-state index contributed by atoms with van der Waals surface area (Å²) in [7, 11) is -3.73. The number of nitrogens with zero attached hydrogens (tertiary/aromatic N) is 4. The van der Waals surface area contributed by atoms with Gasteiger partial charge in [-0.25, -0.2) is 13.4 Å². The van der Waals surface area contributed by atoms with Crippen molar-refractivity contribution < 1.29 is 13.2 Å². The maximum atomic E-state index is 14.0. The Bertz CT molecular complexity index is 1400. The summed E-state index contributed by atoms with van der Waals surface area (Å²) >= 11 is 2.63. The first-order chi connectivity index (χ1) is 16.5. The molecule has 1 unspecified atom stereocenters. The number of carbonyl (C=O) groups excluding carboxylic acids is 1. The number of rotatable bonds is 7. The fourth-order valence-corrected chi connectivity index (χ4v) is 7.99. The Morgan fingerprint density at radius 3 is 2.74 bits per heavy atom. The molecule has 4 aromatic rings. The summed E-state index contributed by atoms with van der Waals surface area (Å²) in [4.78, 5) is 24.4. The summed E-state index contributed by atoms with van der Waals surface area (Å²) in [6, 6.07) is 12.4. The van der Waals surface area contributed by atoms with Gasteiger partial charge >= 0.3 is 0 Å². The Morgan fingerprint density at radius 1 is 1.18 bits per heavy atom. The number of carbonyl (C=O) groups is 1. The van der Waals surface area contributed by atoms with Crippen molar-refractivity contribution in [3.05, 3.63) is 71.4 Å². The Kier molecular flexibility index (Phi) is 6.48. The zero-order valence-corrected chi connectivity index (χ0v) is 21.1.